The monoisotopic (exact) mass is 247 g/mol. The highest BCUT2D eigenvalue weighted by Crippen LogP contribution is 2.34. The quantitative estimate of drug-likeness (QED) is 0.851. The molecule has 1 aliphatic rings. The number of hydrogen-bond donors (Lipinski definition) is 1. The molecule has 6 heteroatoms. The maximum absolute atomic E-state index is 11.8. The number of anilines is 1. The third-order valence-corrected chi connectivity index (χ3v) is 3.10. The van der Waals surface area contributed by atoms with Crippen molar-refractivity contribution in [3.05, 3.63) is 22.6 Å². The van der Waals surface area contributed by atoms with Gasteiger partial charge in [0.2, 0.25) is 0 Å². The van der Waals surface area contributed by atoms with Crippen molar-refractivity contribution in [2.45, 2.75) is 6.54 Å². The lowest BCUT2D eigenvalue weighted by molar-refractivity contribution is 0.355. The lowest BCUT2D eigenvalue weighted by atomic mass is 10.2. The molecule has 0 spiro atoms. The molecule has 0 radical (unpaired) electrons. The van der Waals surface area contributed by atoms with Crippen LogP contribution in [0.15, 0.2) is 16.9 Å². The molecule has 0 amide bonds. The van der Waals surface area contributed by atoms with Crippen molar-refractivity contribution in [2.75, 3.05) is 26.1 Å². The van der Waals surface area contributed by atoms with Crippen molar-refractivity contribution in [3.8, 4) is 11.5 Å². The standard InChI is InChI=1S/C12H13N3O3/c1-17-9-5-7-8(6-10(9)18-2)14-12(16)15-4-3-13-11(7)15/h5-6,13H,3-4H2,1-2H3. The maximum atomic E-state index is 11.8. The van der Waals surface area contributed by atoms with Gasteiger partial charge in [0.05, 0.1) is 19.7 Å². The molecule has 1 aromatic carbocycles. The topological polar surface area (TPSA) is 65.4 Å². The van der Waals surface area contributed by atoms with Crippen molar-refractivity contribution in [2.24, 2.45) is 0 Å². The molecule has 1 aliphatic heterocycles. The van der Waals surface area contributed by atoms with Gasteiger partial charge in [-0.3, -0.25) is 4.57 Å². The van der Waals surface area contributed by atoms with Gasteiger partial charge in [0.1, 0.15) is 5.82 Å². The zero-order valence-electron chi connectivity index (χ0n) is 10.2. The van der Waals surface area contributed by atoms with Crippen LogP contribution in [-0.4, -0.2) is 30.3 Å². The number of ether oxygens (including phenoxy) is 2. The molecule has 0 saturated carbocycles. The minimum atomic E-state index is -0.241. The molecule has 0 unspecified atom stereocenters. The fourth-order valence-electron chi connectivity index (χ4n) is 2.24. The second kappa shape index (κ2) is 3.90. The Morgan fingerprint density at radius 3 is 2.72 bits per heavy atom. The Kier molecular flexibility index (Phi) is 2.36. The molecule has 2 aromatic rings. The minimum Gasteiger partial charge on any atom is -0.493 e. The van der Waals surface area contributed by atoms with Crippen molar-refractivity contribution in [1.29, 1.82) is 0 Å². The number of nitrogens with one attached hydrogen (secondary N) is 1. The Hall–Kier alpha value is -2.24. The van der Waals surface area contributed by atoms with Gasteiger partial charge in [-0.15, -0.1) is 0 Å². The van der Waals surface area contributed by atoms with Gasteiger partial charge in [0, 0.05) is 24.5 Å². The first kappa shape index (κ1) is 10.9. The summed E-state index contributed by atoms with van der Waals surface area (Å²) in [7, 11) is 3.14. The Morgan fingerprint density at radius 2 is 2.00 bits per heavy atom. The van der Waals surface area contributed by atoms with Crippen molar-refractivity contribution in [1.82, 2.24) is 9.55 Å². The van der Waals surface area contributed by atoms with Crippen LogP contribution in [0.2, 0.25) is 0 Å². The number of nitrogens with zero attached hydrogens (tertiary/aromatic N) is 2. The average molecular weight is 247 g/mol. The van der Waals surface area contributed by atoms with Crippen molar-refractivity contribution >= 4 is 16.7 Å². The Morgan fingerprint density at radius 1 is 1.28 bits per heavy atom. The van der Waals surface area contributed by atoms with Crippen LogP contribution >= 0.6 is 0 Å². The van der Waals surface area contributed by atoms with Crippen LogP contribution in [0.5, 0.6) is 11.5 Å². The Labute approximate surface area is 103 Å². The highest BCUT2D eigenvalue weighted by atomic mass is 16.5. The summed E-state index contributed by atoms with van der Waals surface area (Å²) < 4.78 is 12.1. The van der Waals surface area contributed by atoms with E-state index in [2.05, 4.69) is 10.3 Å². The van der Waals surface area contributed by atoms with E-state index in [1.807, 2.05) is 6.07 Å². The molecule has 1 N–H and O–H groups in total. The van der Waals surface area contributed by atoms with Crippen LogP contribution in [0.1, 0.15) is 0 Å². The van der Waals surface area contributed by atoms with Gasteiger partial charge in [-0.1, -0.05) is 0 Å². The van der Waals surface area contributed by atoms with E-state index < -0.39 is 0 Å². The van der Waals surface area contributed by atoms with Crippen LogP contribution in [-0.2, 0) is 6.54 Å². The van der Waals surface area contributed by atoms with E-state index in [4.69, 9.17) is 9.47 Å². The summed E-state index contributed by atoms with van der Waals surface area (Å²) in [5.74, 6) is 1.99. The summed E-state index contributed by atoms with van der Waals surface area (Å²) in [6.07, 6.45) is 0. The molecule has 0 atom stereocenters. The largest absolute Gasteiger partial charge is 0.493 e. The van der Waals surface area contributed by atoms with Gasteiger partial charge in [-0.05, 0) is 6.07 Å². The summed E-state index contributed by atoms with van der Waals surface area (Å²) in [4.78, 5) is 15.9. The van der Waals surface area contributed by atoms with Gasteiger partial charge >= 0.3 is 5.69 Å². The molecule has 0 fully saturated rings. The van der Waals surface area contributed by atoms with E-state index in [0.717, 1.165) is 17.7 Å². The number of methoxy groups -OCH3 is 2. The van der Waals surface area contributed by atoms with Gasteiger partial charge in [-0.2, -0.15) is 4.98 Å². The average Bonchev–Trinajstić information content (AvgIpc) is 2.87. The Bertz CT molecular complexity index is 678. The van der Waals surface area contributed by atoms with E-state index in [-0.39, 0.29) is 5.69 Å². The number of benzene rings is 1. The first-order valence-corrected chi connectivity index (χ1v) is 5.65. The third-order valence-electron chi connectivity index (χ3n) is 3.10. The zero-order chi connectivity index (χ0) is 12.7. The first-order chi connectivity index (χ1) is 8.74. The lowest BCUT2D eigenvalue weighted by Gasteiger charge is -2.11. The normalized spacial score (nSPS) is 13.2. The number of aromatic nitrogens is 2. The SMILES string of the molecule is COc1cc2nc(=O)n3c(c2cc1OC)NCC3. The summed E-state index contributed by atoms with van der Waals surface area (Å²) in [5, 5.41) is 4.06. The van der Waals surface area contributed by atoms with E-state index in [9.17, 15) is 4.79 Å². The highest BCUT2D eigenvalue weighted by molar-refractivity contribution is 5.92. The van der Waals surface area contributed by atoms with E-state index in [1.54, 1.807) is 24.9 Å². The number of hydrogen-bond acceptors (Lipinski definition) is 5. The third kappa shape index (κ3) is 1.42. The highest BCUT2D eigenvalue weighted by Gasteiger charge is 2.18. The summed E-state index contributed by atoms with van der Waals surface area (Å²) in [5.41, 5.74) is 0.369. The maximum Gasteiger partial charge on any atom is 0.349 e. The van der Waals surface area contributed by atoms with E-state index >= 15 is 0 Å². The fourth-order valence-corrected chi connectivity index (χ4v) is 2.24. The van der Waals surface area contributed by atoms with E-state index in [1.165, 1.54) is 0 Å². The number of fused-ring (bicyclic) bond motifs is 3. The smallest absolute Gasteiger partial charge is 0.349 e. The summed E-state index contributed by atoms with van der Waals surface area (Å²) in [6.45, 7) is 1.38. The Balaban J connectivity index is 2.38. The fraction of sp³-hybridized carbons (Fsp3) is 0.333. The predicted octanol–water partition coefficient (Wildman–Crippen LogP) is 0.839. The number of rotatable bonds is 2. The van der Waals surface area contributed by atoms with Gasteiger partial charge in [0.25, 0.3) is 0 Å². The molecular formula is C12H13N3O3. The van der Waals surface area contributed by atoms with Gasteiger partial charge in [-0.25, -0.2) is 4.79 Å². The molecule has 2 heterocycles. The molecule has 6 nitrogen and oxygen atoms in total. The van der Waals surface area contributed by atoms with Gasteiger partial charge in [0.15, 0.2) is 11.5 Å². The first-order valence-electron chi connectivity index (χ1n) is 5.65. The van der Waals surface area contributed by atoms with Crippen molar-refractivity contribution < 1.29 is 9.47 Å². The summed E-state index contributed by atoms with van der Waals surface area (Å²) in [6, 6.07) is 3.56. The van der Waals surface area contributed by atoms with E-state index in [0.29, 0.717) is 23.6 Å². The molecular weight excluding hydrogens is 234 g/mol. The molecule has 94 valence electrons. The lowest BCUT2D eigenvalue weighted by Crippen LogP contribution is -2.20. The van der Waals surface area contributed by atoms with Crippen molar-refractivity contribution in [3.63, 3.8) is 0 Å². The molecule has 0 aliphatic carbocycles. The molecule has 0 bridgehead atoms. The minimum absolute atomic E-state index is 0.241. The van der Waals surface area contributed by atoms with Crippen LogP contribution in [0.4, 0.5) is 5.82 Å². The van der Waals surface area contributed by atoms with Gasteiger partial charge < -0.3 is 14.8 Å². The molecule has 18 heavy (non-hydrogen) atoms. The second-order valence-corrected chi connectivity index (χ2v) is 4.05. The summed E-state index contributed by atoms with van der Waals surface area (Å²) >= 11 is 0. The van der Waals surface area contributed by atoms with Crippen LogP contribution < -0.4 is 20.5 Å². The van der Waals surface area contributed by atoms with Crippen LogP contribution in [0, 0.1) is 0 Å². The van der Waals surface area contributed by atoms with Crippen LogP contribution in [0.25, 0.3) is 10.9 Å². The van der Waals surface area contributed by atoms with Crippen LogP contribution in [0.3, 0.4) is 0 Å². The molecule has 3 rings (SSSR count). The molecule has 1 aromatic heterocycles. The molecule has 0 saturated heterocycles. The predicted molar refractivity (Wildman–Crippen MR) is 67.6 cm³/mol. The zero-order valence-corrected chi connectivity index (χ0v) is 10.2. The second-order valence-electron chi connectivity index (χ2n) is 4.05.